The largest absolute Gasteiger partial charge is 0.321 e. The minimum Gasteiger partial charge on any atom is -0.321 e. The second-order valence-electron chi connectivity index (χ2n) is 4.72. The van der Waals surface area contributed by atoms with Gasteiger partial charge in [-0.1, -0.05) is 67.7 Å². The predicted molar refractivity (Wildman–Crippen MR) is 98.8 cm³/mol. The quantitative estimate of drug-likeness (QED) is 0.501. The van der Waals surface area contributed by atoms with Gasteiger partial charge in [0, 0.05) is 14.5 Å². The number of fused-ring (bicyclic) bond motifs is 1. The van der Waals surface area contributed by atoms with Gasteiger partial charge >= 0.3 is 0 Å². The third-order valence-electron chi connectivity index (χ3n) is 3.29. The molecule has 0 unspecified atom stereocenters. The summed E-state index contributed by atoms with van der Waals surface area (Å²) in [6.07, 6.45) is 0. The Labute approximate surface area is 149 Å². The molecule has 3 aromatic carbocycles. The molecular weight excluding hydrogens is 429 g/mol. The summed E-state index contributed by atoms with van der Waals surface area (Å²) in [5.74, 6) is -0.187. The second-order valence-corrected chi connectivity index (χ2v) is 6.90. The van der Waals surface area contributed by atoms with Crippen LogP contribution in [0.3, 0.4) is 0 Å². The number of nitrogens with one attached hydrogen (secondary N) is 1. The molecule has 3 rings (SSSR count). The maximum Gasteiger partial charge on any atom is 0.256 e. The third-order valence-corrected chi connectivity index (χ3v) is 4.79. The maximum atomic E-state index is 12.6. The Hall–Kier alpha value is -1.36. The number of amides is 1. The number of halogens is 3. The van der Waals surface area contributed by atoms with Crippen molar-refractivity contribution in [2.45, 2.75) is 0 Å². The van der Waals surface area contributed by atoms with E-state index >= 15 is 0 Å². The third kappa shape index (κ3) is 3.05. The van der Waals surface area contributed by atoms with Crippen LogP contribution in [0.25, 0.3) is 10.8 Å². The van der Waals surface area contributed by atoms with Crippen LogP contribution in [0.1, 0.15) is 10.4 Å². The number of benzene rings is 3. The molecule has 0 aliphatic carbocycles. The summed E-state index contributed by atoms with van der Waals surface area (Å²) in [6, 6.07) is 16.8. The van der Waals surface area contributed by atoms with Crippen molar-refractivity contribution in [1.82, 2.24) is 0 Å². The fraction of sp³-hybridized carbons (Fsp3) is 0. The van der Waals surface area contributed by atoms with Crippen LogP contribution >= 0.6 is 43.5 Å². The van der Waals surface area contributed by atoms with Crippen molar-refractivity contribution in [2.75, 3.05) is 5.32 Å². The average molecular weight is 440 g/mol. The zero-order chi connectivity index (χ0) is 15.7. The molecule has 1 N–H and O–H groups in total. The monoisotopic (exact) mass is 437 g/mol. The first-order valence-corrected chi connectivity index (χ1v) is 8.46. The van der Waals surface area contributed by atoms with E-state index in [4.69, 9.17) is 11.6 Å². The van der Waals surface area contributed by atoms with Gasteiger partial charge in [-0.3, -0.25) is 4.79 Å². The molecule has 0 radical (unpaired) electrons. The Morgan fingerprint density at radius 3 is 2.45 bits per heavy atom. The van der Waals surface area contributed by atoms with Gasteiger partial charge in [0.1, 0.15) is 0 Å². The van der Waals surface area contributed by atoms with E-state index in [1.54, 1.807) is 18.2 Å². The van der Waals surface area contributed by atoms with Crippen LogP contribution in [-0.4, -0.2) is 5.91 Å². The molecular formula is C17H10Br2ClNO. The van der Waals surface area contributed by atoms with E-state index in [9.17, 15) is 4.79 Å². The van der Waals surface area contributed by atoms with Gasteiger partial charge in [0.25, 0.3) is 5.91 Å². The number of carbonyl (C=O) groups is 1. The molecule has 1 amide bonds. The number of rotatable bonds is 2. The van der Waals surface area contributed by atoms with Gasteiger partial charge in [0.15, 0.2) is 0 Å². The minimum atomic E-state index is -0.187. The molecule has 0 bridgehead atoms. The van der Waals surface area contributed by atoms with Crippen molar-refractivity contribution in [3.8, 4) is 0 Å². The van der Waals surface area contributed by atoms with Gasteiger partial charge in [-0.2, -0.15) is 0 Å². The van der Waals surface area contributed by atoms with Crippen molar-refractivity contribution in [2.24, 2.45) is 0 Å². The highest BCUT2D eigenvalue weighted by Crippen LogP contribution is 2.29. The van der Waals surface area contributed by atoms with Gasteiger partial charge in [-0.25, -0.2) is 0 Å². The minimum absolute atomic E-state index is 0.187. The second kappa shape index (κ2) is 6.41. The first-order chi connectivity index (χ1) is 10.6. The average Bonchev–Trinajstić information content (AvgIpc) is 2.50. The summed E-state index contributed by atoms with van der Waals surface area (Å²) in [4.78, 5) is 12.6. The summed E-state index contributed by atoms with van der Waals surface area (Å²) >= 11 is 13.0. The first-order valence-electron chi connectivity index (χ1n) is 6.50. The first kappa shape index (κ1) is 15.5. The highest BCUT2D eigenvalue weighted by molar-refractivity contribution is 9.11. The Kier molecular flexibility index (Phi) is 4.52. The smallest absolute Gasteiger partial charge is 0.256 e. The van der Waals surface area contributed by atoms with Crippen molar-refractivity contribution in [3.63, 3.8) is 0 Å². The van der Waals surface area contributed by atoms with Crippen molar-refractivity contribution in [3.05, 3.63) is 74.1 Å². The normalized spacial score (nSPS) is 10.7. The van der Waals surface area contributed by atoms with Gasteiger partial charge in [-0.15, -0.1) is 0 Å². The maximum absolute atomic E-state index is 12.6. The topological polar surface area (TPSA) is 29.1 Å². The Morgan fingerprint density at radius 1 is 0.955 bits per heavy atom. The lowest BCUT2D eigenvalue weighted by molar-refractivity contribution is 0.102. The van der Waals surface area contributed by atoms with Crippen LogP contribution in [0.5, 0.6) is 0 Å². The van der Waals surface area contributed by atoms with Crippen LogP contribution in [0.4, 0.5) is 5.69 Å². The summed E-state index contributed by atoms with van der Waals surface area (Å²) in [6.45, 7) is 0. The highest BCUT2D eigenvalue weighted by atomic mass is 79.9. The molecule has 0 aliphatic heterocycles. The zero-order valence-electron chi connectivity index (χ0n) is 11.2. The van der Waals surface area contributed by atoms with E-state index in [0.717, 1.165) is 19.7 Å². The predicted octanol–water partition coefficient (Wildman–Crippen LogP) is 6.27. The van der Waals surface area contributed by atoms with Crippen LogP contribution in [-0.2, 0) is 0 Å². The van der Waals surface area contributed by atoms with E-state index in [-0.39, 0.29) is 5.91 Å². The van der Waals surface area contributed by atoms with Crippen molar-refractivity contribution < 1.29 is 4.79 Å². The molecule has 22 heavy (non-hydrogen) atoms. The lowest BCUT2D eigenvalue weighted by Gasteiger charge is -2.10. The molecule has 110 valence electrons. The molecule has 0 saturated heterocycles. The molecule has 0 aliphatic rings. The summed E-state index contributed by atoms with van der Waals surface area (Å²) < 4.78 is 1.82. The van der Waals surface area contributed by atoms with E-state index in [1.807, 2.05) is 36.4 Å². The Morgan fingerprint density at radius 2 is 1.68 bits per heavy atom. The SMILES string of the molecule is O=C(Nc1ccc(Br)cc1Cl)c1cccc2c(Br)cccc12. The molecule has 0 atom stereocenters. The highest BCUT2D eigenvalue weighted by Gasteiger charge is 2.12. The van der Waals surface area contributed by atoms with Gasteiger partial charge in [0.05, 0.1) is 10.7 Å². The van der Waals surface area contributed by atoms with E-state index in [1.165, 1.54) is 0 Å². The molecule has 2 nitrogen and oxygen atoms in total. The van der Waals surface area contributed by atoms with E-state index < -0.39 is 0 Å². The van der Waals surface area contributed by atoms with Crippen LogP contribution < -0.4 is 5.32 Å². The molecule has 5 heteroatoms. The van der Waals surface area contributed by atoms with Crippen LogP contribution in [0.2, 0.25) is 5.02 Å². The number of hydrogen-bond acceptors (Lipinski definition) is 1. The molecule has 0 fully saturated rings. The summed E-state index contributed by atoms with van der Waals surface area (Å²) in [5.41, 5.74) is 1.19. The van der Waals surface area contributed by atoms with Crippen molar-refractivity contribution in [1.29, 1.82) is 0 Å². The van der Waals surface area contributed by atoms with Gasteiger partial charge in [-0.05, 0) is 41.1 Å². The standard InChI is InChI=1S/C17H10Br2ClNO/c18-10-7-8-16(15(20)9-10)21-17(22)13-5-1-4-12-11(13)3-2-6-14(12)19/h1-9H,(H,21,22). The molecule has 0 spiro atoms. The Bertz CT molecular complexity index is 880. The van der Waals surface area contributed by atoms with E-state index in [2.05, 4.69) is 37.2 Å². The number of carbonyl (C=O) groups excluding carboxylic acids is 1. The Balaban J connectivity index is 2.01. The van der Waals surface area contributed by atoms with Crippen LogP contribution in [0.15, 0.2) is 63.5 Å². The summed E-state index contributed by atoms with van der Waals surface area (Å²) in [5, 5.41) is 5.24. The zero-order valence-corrected chi connectivity index (χ0v) is 15.2. The number of hydrogen-bond donors (Lipinski definition) is 1. The fourth-order valence-electron chi connectivity index (χ4n) is 2.25. The molecule has 0 saturated carbocycles. The van der Waals surface area contributed by atoms with Gasteiger partial charge < -0.3 is 5.32 Å². The molecule has 3 aromatic rings. The number of anilines is 1. The lowest BCUT2D eigenvalue weighted by atomic mass is 10.0. The van der Waals surface area contributed by atoms with Crippen LogP contribution in [0, 0.1) is 0 Å². The van der Waals surface area contributed by atoms with E-state index in [0.29, 0.717) is 16.3 Å². The lowest BCUT2D eigenvalue weighted by Crippen LogP contribution is -2.12. The van der Waals surface area contributed by atoms with Crippen molar-refractivity contribution >= 4 is 65.8 Å². The molecule has 0 heterocycles. The molecule has 0 aromatic heterocycles. The van der Waals surface area contributed by atoms with Gasteiger partial charge in [0.2, 0.25) is 0 Å². The summed E-state index contributed by atoms with van der Waals surface area (Å²) in [7, 11) is 0. The fourth-order valence-corrected chi connectivity index (χ4v) is 3.47.